The summed E-state index contributed by atoms with van der Waals surface area (Å²) in [5.41, 5.74) is 6.99. The number of ether oxygens (including phenoxy) is 1. The van der Waals surface area contributed by atoms with Gasteiger partial charge in [0, 0.05) is 0 Å². The van der Waals surface area contributed by atoms with Crippen LogP contribution >= 0.6 is 22.9 Å². The van der Waals surface area contributed by atoms with Gasteiger partial charge in [0.25, 0.3) is 0 Å². The topological polar surface area (TPSA) is 65.2 Å². The maximum absolute atomic E-state index is 11.6. The molecule has 0 saturated heterocycles. The first kappa shape index (κ1) is 11.2. The highest BCUT2D eigenvalue weighted by molar-refractivity contribution is 7.19. The molecule has 16 heavy (non-hydrogen) atoms. The number of hydrogen-bond acceptors (Lipinski definition) is 5. The van der Waals surface area contributed by atoms with E-state index in [1.807, 2.05) is 6.92 Å². The molecule has 1 aromatic heterocycles. The lowest BCUT2D eigenvalue weighted by molar-refractivity contribution is 0.0604. The van der Waals surface area contributed by atoms with Crippen molar-refractivity contribution in [1.29, 1.82) is 0 Å². The van der Waals surface area contributed by atoms with Crippen molar-refractivity contribution in [2.75, 3.05) is 12.8 Å². The second-order valence-corrected chi connectivity index (χ2v) is 4.83. The normalized spacial score (nSPS) is 10.7. The van der Waals surface area contributed by atoms with Crippen LogP contribution in [-0.4, -0.2) is 18.1 Å². The fourth-order valence-electron chi connectivity index (χ4n) is 1.46. The van der Waals surface area contributed by atoms with Gasteiger partial charge in [0.15, 0.2) is 0 Å². The molecule has 0 atom stereocenters. The molecule has 0 amide bonds. The number of anilines is 1. The third-order valence-electron chi connectivity index (χ3n) is 2.17. The van der Waals surface area contributed by atoms with Crippen LogP contribution < -0.4 is 5.73 Å². The Morgan fingerprint density at radius 2 is 2.31 bits per heavy atom. The van der Waals surface area contributed by atoms with Crippen molar-refractivity contribution >= 4 is 44.8 Å². The van der Waals surface area contributed by atoms with Gasteiger partial charge in [-0.3, -0.25) is 0 Å². The number of carbonyl (C=O) groups is 1. The second-order valence-electron chi connectivity index (χ2n) is 3.22. The molecule has 0 bridgehead atoms. The molecule has 2 N–H and O–H groups in total. The predicted molar refractivity (Wildman–Crippen MR) is 65.1 cm³/mol. The van der Waals surface area contributed by atoms with Crippen LogP contribution in [0.5, 0.6) is 0 Å². The summed E-state index contributed by atoms with van der Waals surface area (Å²) in [4.78, 5) is 15.9. The zero-order valence-corrected chi connectivity index (χ0v) is 10.3. The molecule has 0 saturated carbocycles. The molecule has 0 unspecified atom stereocenters. The monoisotopic (exact) mass is 256 g/mol. The Kier molecular flexibility index (Phi) is 2.73. The molecular formula is C10H9ClN2O2S. The van der Waals surface area contributed by atoms with Gasteiger partial charge in [-0.25, -0.2) is 9.78 Å². The Morgan fingerprint density at radius 1 is 1.62 bits per heavy atom. The molecule has 0 radical (unpaired) electrons. The van der Waals surface area contributed by atoms with E-state index >= 15 is 0 Å². The summed E-state index contributed by atoms with van der Waals surface area (Å²) in [6, 6.07) is 1.65. The molecule has 0 aliphatic rings. The number of fused-ring (bicyclic) bond motifs is 1. The highest BCUT2D eigenvalue weighted by atomic mass is 35.5. The quantitative estimate of drug-likeness (QED) is 0.629. The number of methoxy groups -OCH3 is 1. The molecule has 1 heterocycles. The molecule has 0 fully saturated rings. The van der Waals surface area contributed by atoms with Crippen molar-refractivity contribution in [2.45, 2.75) is 6.92 Å². The number of aryl methyl sites for hydroxylation is 1. The minimum absolute atomic E-state index is 0.240. The number of nitrogens with zero attached hydrogens (tertiary/aromatic N) is 1. The highest BCUT2D eigenvalue weighted by Crippen LogP contribution is 2.34. The average molecular weight is 257 g/mol. The van der Waals surface area contributed by atoms with Crippen LogP contribution in [0.1, 0.15) is 15.4 Å². The van der Waals surface area contributed by atoms with Crippen molar-refractivity contribution in [2.24, 2.45) is 0 Å². The molecular weight excluding hydrogens is 248 g/mol. The molecule has 6 heteroatoms. The van der Waals surface area contributed by atoms with Gasteiger partial charge < -0.3 is 10.5 Å². The Balaban J connectivity index is 2.86. The van der Waals surface area contributed by atoms with Gasteiger partial charge in [0.1, 0.15) is 5.56 Å². The number of thiazole rings is 1. The van der Waals surface area contributed by atoms with E-state index in [4.69, 9.17) is 22.1 Å². The van der Waals surface area contributed by atoms with E-state index in [2.05, 4.69) is 4.98 Å². The van der Waals surface area contributed by atoms with Crippen LogP contribution in [-0.2, 0) is 4.74 Å². The number of hydrogen-bond donors (Lipinski definition) is 1. The first-order chi connectivity index (χ1) is 7.54. The van der Waals surface area contributed by atoms with E-state index in [0.29, 0.717) is 20.8 Å². The predicted octanol–water partition coefficient (Wildman–Crippen LogP) is 2.63. The van der Waals surface area contributed by atoms with E-state index < -0.39 is 5.97 Å². The second kappa shape index (κ2) is 3.92. The van der Waals surface area contributed by atoms with Crippen LogP contribution in [0.2, 0.25) is 5.02 Å². The third kappa shape index (κ3) is 1.62. The minimum atomic E-state index is -0.492. The number of carbonyl (C=O) groups excluding carboxylic acids is 1. The van der Waals surface area contributed by atoms with E-state index in [1.54, 1.807) is 6.07 Å². The third-order valence-corrected chi connectivity index (χ3v) is 3.48. The van der Waals surface area contributed by atoms with Gasteiger partial charge in [-0.05, 0) is 13.0 Å². The summed E-state index contributed by atoms with van der Waals surface area (Å²) in [5, 5.41) is 1.17. The fraction of sp³-hybridized carbons (Fsp3) is 0.200. The minimum Gasteiger partial charge on any atom is -0.465 e. The Hall–Kier alpha value is -1.33. The van der Waals surface area contributed by atoms with Gasteiger partial charge in [0.05, 0.1) is 33.0 Å². The van der Waals surface area contributed by atoms with Crippen molar-refractivity contribution in [3.63, 3.8) is 0 Å². The molecule has 2 aromatic rings. The SMILES string of the molecule is COC(=O)c1c(N)c(Cl)cc2nc(C)sc12. The molecule has 4 nitrogen and oxygen atoms in total. The lowest BCUT2D eigenvalue weighted by Gasteiger charge is -2.06. The van der Waals surface area contributed by atoms with Crippen LogP contribution in [0.4, 0.5) is 5.69 Å². The summed E-state index contributed by atoms with van der Waals surface area (Å²) in [6.07, 6.45) is 0. The van der Waals surface area contributed by atoms with Crippen LogP contribution in [0, 0.1) is 6.92 Å². The number of benzene rings is 1. The summed E-state index contributed by atoms with van der Waals surface area (Å²) in [6.45, 7) is 1.86. The number of esters is 1. The maximum atomic E-state index is 11.6. The Morgan fingerprint density at radius 3 is 2.94 bits per heavy atom. The molecule has 84 valence electrons. The van der Waals surface area contributed by atoms with Gasteiger partial charge >= 0.3 is 5.97 Å². The molecule has 1 aromatic carbocycles. The summed E-state index contributed by atoms with van der Waals surface area (Å²) >= 11 is 7.33. The van der Waals surface area contributed by atoms with Crippen LogP contribution in [0.3, 0.4) is 0 Å². The van der Waals surface area contributed by atoms with Gasteiger partial charge in [-0.1, -0.05) is 11.6 Å². The van der Waals surface area contributed by atoms with E-state index in [9.17, 15) is 4.79 Å². The lowest BCUT2D eigenvalue weighted by atomic mass is 10.1. The number of halogens is 1. The number of nitrogen functional groups attached to an aromatic ring is 1. The zero-order valence-electron chi connectivity index (χ0n) is 8.70. The molecule has 0 aliphatic heterocycles. The molecule has 0 spiro atoms. The van der Waals surface area contributed by atoms with Crippen molar-refractivity contribution in [3.05, 3.63) is 21.7 Å². The number of rotatable bonds is 1. The lowest BCUT2D eigenvalue weighted by Crippen LogP contribution is -2.06. The van der Waals surface area contributed by atoms with Gasteiger partial charge in [-0.2, -0.15) is 0 Å². The Bertz CT molecular complexity index is 580. The van der Waals surface area contributed by atoms with Crippen molar-refractivity contribution < 1.29 is 9.53 Å². The standard InChI is InChI=1S/C10H9ClN2O2S/c1-4-13-6-3-5(11)8(12)7(9(6)16-4)10(14)15-2/h3H,12H2,1-2H3. The highest BCUT2D eigenvalue weighted by Gasteiger charge is 2.19. The largest absolute Gasteiger partial charge is 0.465 e. The van der Waals surface area contributed by atoms with Gasteiger partial charge in [0.2, 0.25) is 0 Å². The molecule has 0 aliphatic carbocycles. The average Bonchev–Trinajstić information content (AvgIpc) is 2.59. The van der Waals surface area contributed by atoms with Gasteiger partial charge in [-0.15, -0.1) is 11.3 Å². The maximum Gasteiger partial charge on any atom is 0.341 e. The number of aromatic nitrogens is 1. The van der Waals surface area contributed by atoms with Crippen molar-refractivity contribution in [1.82, 2.24) is 4.98 Å². The first-order valence-electron chi connectivity index (χ1n) is 4.48. The van der Waals surface area contributed by atoms with E-state index in [1.165, 1.54) is 18.4 Å². The number of nitrogens with two attached hydrogens (primary N) is 1. The summed E-state index contributed by atoms with van der Waals surface area (Å²) in [5.74, 6) is -0.492. The van der Waals surface area contributed by atoms with E-state index in [0.717, 1.165) is 5.01 Å². The fourth-order valence-corrected chi connectivity index (χ4v) is 2.61. The smallest absolute Gasteiger partial charge is 0.341 e. The van der Waals surface area contributed by atoms with Crippen LogP contribution in [0.15, 0.2) is 6.07 Å². The first-order valence-corrected chi connectivity index (χ1v) is 5.67. The van der Waals surface area contributed by atoms with Crippen molar-refractivity contribution in [3.8, 4) is 0 Å². The summed E-state index contributed by atoms with van der Waals surface area (Å²) in [7, 11) is 1.31. The van der Waals surface area contributed by atoms with E-state index in [-0.39, 0.29) is 5.69 Å². The zero-order chi connectivity index (χ0) is 11.9. The Labute approximate surface area is 101 Å². The summed E-state index contributed by atoms with van der Waals surface area (Å²) < 4.78 is 5.40. The van der Waals surface area contributed by atoms with Crippen LogP contribution in [0.25, 0.3) is 10.2 Å². The molecule has 2 rings (SSSR count).